The molecule has 0 aliphatic heterocycles. The Hall–Kier alpha value is -2.37. The molecule has 0 spiro atoms. The maximum absolute atomic E-state index is 11.7. The van der Waals surface area contributed by atoms with E-state index in [1.54, 1.807) is 12.1 Å². The highest BCUT2D eigenvalue weighted by molar-refractivity contribution is 5.87. The van der Waals surface area contributed by atoms with Crippen LogP contribution in [-0.2, 0) is 16.1 Å². The lowest BCUT2D eigenvalue weighted by atomic mass is 10.0. The minimum atomic E-state index is -0.981. The first kappa shape index (κ1) is 18.0. The lowest BCUT2D eigenvalue weighted by Crippen LogP contribution is -2.36. The second-order valence-corrected chi connectivity index (χ2v) is 6.24. The van der Waals surface area contributed by atoms with E-state index in [4.69, 9.17) is 5.11 Å². The molecule has 1 aliphatic carbocycles. The van der Waals surface area contributed by atoms with Gasteiger partial charge >= 0.3 is 5.97 Å². The fourth-order valence-corrected chi connectivity index (χ4v) is 2.93. The van der Waals surface area contributed by atoms with Crippen LogP contribution in [0.4, 0.5) is 0 Å². The average Bonchev–Trinajstić information content (AvgIpc) is 3.10. The van der Waals surface area contributed by atoms with E-state index >= 15 is 0 Å². The van der Waals surface area contributed by atoms with Crippen LogP contribution in [0.25, 0.3) is 0 Å². The van der Waals surface area contributed by atoms with Crippen LogP contribution in [-0.4, -0.2) is 29.4 Å². The molecule has 0 radical (unpaired) electrons. The SMILES string of the molecule is O=C(CCC1CCCC1)NCC(=O)NCc1ccc(C(=O)O)cc1. The van der Waals surface area contributed by atoms with Crippen LogP contribution in [0.1, 0.15) is 54.4 Å². The van der Waals surface area contributed by atoms with Crippen molar-refractivity contribution in [2.75, 3.05) is 6.54 Å². The Morgan fingerprint density at radius 2 is 1.67 bits per heavy atom. The number of carbonyl (C=O) groups excluding carboxylic acids is 2. The lowest BCUT2D eigenvalue weighted by molar-refractivity contribution is -0.126. The number of benzene rings is 1. The molecule has 0 saturated heterocycles. The zero-order valence-corrected chi connectivity index (χ0v) is 13.7. The minimum absolute atomic E-state index is 0.0310. The highest BCUT2D eigenvalue weighted by Crippen LogP contribution is 2.28. The molecule has 0 aromatic heterocycles. The summed E-state index contributed by atoms with van der Waals surface area (Å²) < 4.78 is 0. The number of carboxylic acid groups (broad SMARTS) is 1. The topological polar surface area (TPSA) is 95.5 Å². The first-order valence-electron chi connectivity index (χ1n) is 8.40. The number of carboxylic acids is 1. The van der Waals surface area contributed by atoms with Crippen molar-refractivity contribution in [1.82, 2.24) is 10.6 Å². The molecule has 0 bridgehead atoms. The van der Waals surface area contributed by atoms with Crippen LogP contribution in [0, 0.1) is 5.92 Å². The third kappa shape index (κ3) is 6.02. The maximum atomic E-state index is 11.7. The lowest BCUT2D eigenvalue weighted by Gasteiger charge is -2.09. The summed E-state index contributed by atoms with van der Waals surface area (Å²) in [5.41, 5.74) is 1.01. The summed E-state index contributed by atoms with van der Waals surface area (Å²) in [6.45, 7) is 0.271. The van der Waals surface area contributed by atoms with E-state index in [1.165, 1.54) is 37.8 Å². The molecule has 1 saturated carbocycles. The summed E-state index contributed by atoms with van der Waals surface area (Å²) in [5.74, 6) is -0.654. The Labute approximate surface area is 141 Å². The van der Waals surface area contributed by atoms with E-state index in [0.29, 0.717) is 18.9 Å². The standard InChI is InChI=1S/C18H24N2O4/c21-16(10-7-13-3-1-2-4-13)20-12-17(22)19-11-14-5-8-15(9-6-14)18(23)24/h5-6,8-9,13H,1-4,7,10-12H2,(H,19,22)(H,20,21)(H,23,24). The van der Waals surface area contributed by atoms with Gasteiger partial charge in [0.25, 0.3) is 0 Å². The maximum Gasteiger partial charge on any atom is 0.335 e. The zero-order valence-electron chi connectivity index (χ0n) is 13.7. The van der Waals surface area contributed by atoms with Gasteiger partial charge in [0, 0.05) is 13.0 Å². The third-order valence-corrected chi connectivity index (χ3v) is 4.39. The number of aromatic carboxylic acids is 1. The summed E-state index contributed by atoms with van der Waals surface area (Å²) in [5, 5.41) is 14.2. The largest absolute Gasteiger partial charge is 0.478 e. The van der Waals surface area contributed by atoms with Crippen LogP contribution < -0.4 is 10.6 Å². The van der Waals surface area contributed by atoms with Crippen molar-refractivity contribution in [3.8, 4) is 0 Å². The van der Waals surface area contributed by atoms with E-state index in [9.17, 15) is 14.4 Å². The van der Waals surface area contributed by atoms with Crippen molar-refractivity contribution in [2.45, 2.75) is 45.1 Å². The molecule has 2 amide bonds. The van der Waals surface area contributed by atoms with E-state index < -0.39 is 5.97 Å². The molecule has 1 fully saturated rings. The third-order valence-electron chi connectivity index (χ3n) is 4.39. The van der Waals surface area contributed by atoms with Crippen molar-refractivity contribution in [3.63, 3.8) is 0 Å². The first-order valence-corrected chi connectivity index (χ1v) is 8.40. The van der Waals surface area contributed by atoms with Gasteiger partial charge in [-0.15, -0.1) is 0 Å². The zero-order chi connectivity index (χ0) is 17.4. The summed E-state index contributed by atoms with van der Waals surface area (Å²) in [6.07, 6.45) is 6.35. The normalized spacial score (nSPS) is 14.3. The first-order chi connectivity index (χ1) is 11.5. The Balaban J connectivity index is 1.61. The van der Waals surface area contributed by atoms with Gasteiger partial charge in [-0.2, -0.15) is 0 Å². The van der Waals surface area contributed by atoms with Crippen LogP contribution in [0.2, 0.25) is 0 Å². The van der Waals surface area contributed by atoms with Gasteiger partial charge in [-0.05, 0) is 30.0 Å². The number of carbonyl (C=O) groups is 3. The van der Waals surface area contributed by atoms with Gasteiger partial charge in [0.2, 0.25) is 11.8 Å². The smallest absolute Gasteiger partial charge is 0.335 e. The molecule has 3 N–H and O–H groups in total. The van der Waals surface area contributed by atoms with Crippen molar-refractivity contribution in [1.29, 1.82) is 0 Å². The van der Waals surface area contributed by atoms with Crippen LogP contribution in [0.5, 0.6) is 0 Å². The fraction of sp³-hybridized carbons (Fsp3) is 0.500. The van der Waals surface area contributed by atoms with Crippen molar-refractivity contribution in [2.24, 2.45) is 5.92 Å². The second kappa shape index (κ2) is 9.05. The monoisotopic (exact) mass is 332 g/mol. The fourth-order valence-electron chi connectivity index (χ4n) is 2.93. The number of amides is 2. The Morgan fingerprint density at radius 3 is 2.29 bits per heavy atom. The molecule has 6 heteroatoms. The summed E-state index contributed by atoms with van der Waals surface area (Å²) >= 11 is 0. The van der Waals surface area contributed by atoms with Crippen LogP contribution in [0.15, 0.2) is 24.3 Å². The number of rotatable bonds is 8. The molecule has 2 rings (SSSR count). The molecule has 1 aliphatic rings. The predicted octanol–water partition coefficient (Wildman–Crippen LogP) is 2.09. The Bertz CT molecular complexity index is 577. The van der Waals surface area contributed by atoms with E-state index in [2.05, 4.69) is 10.6 Å². The summed E-state index contributed by atoms with van der Waals surface area (Å²) in [7, 11) is 0. The van der Waals surface area contributed by atoms with Gasteiger partial charge < -0.3 is 15.7 Å². The highest BCUT2D eigenvalue weighted by Gasteiger charge is 2.16. The average molecular weight is 332 g/mol. The molecule has 0 unspecified atom stereocenters. The van der Waals surface area contributed by atoms with Gasteiger partial charge in [-0.25, -0.2) is 4.79 Å². The van der Waals surface area contributed by atoms with Crippen molar-refractivity contribution < 1.29 is 19.5 Å². The molecule has 0 heterocycles. The van der Waals surface area contributed by atoms with E-state index in [0.717, 1.165) is 12.0 Å². The summed E-state index contributed by atoms with van der Waals surface area (Å²) in [4.78, 5) is 34.2. The van der Waals surface area contributed by atoms with E-state index in [-0.39, 0.29) is 23.9 Å². The quantitative estimate of drug-likeness (QED) is 0.679. The molecule has 1 aromatic rings. The number of hydrogen-bond acceptors (Lipinski definition) is 3. The number of nitrogens with one attached hydrogen (secondary N) is 2. The molecule has 6 nitrogen and oxygen atoms in total. The number of hydrogen-bond donors (Lipinski definition) is 3. The Morgan fingerprint density at radius 1 is 1.00 bits per heavy atom. The predicted molar refractivity (Wildman–Crippen MR) is 89.4 cm³/mol. The van der Waals surface area contributed by atoms with Gasteiger partial charge in [0.15, 0.2) is 0 Å². The van der Waals surface area contributed by atoms with Crippen LogP contribution in [0.3, 0.4) is 0 Å². The van der Waals surface area contributed by atoms with Crippen LogP contribution >= 0.6 is 0 Å². The Kier molecular flexibility index (Phi) is 6.78. The highest BCUT2D eigenvalue weighted by atomic mass is 16.4. The minimum Gasteiger partial charge on any atom is -0.478 e. The van der Waals surface area contributed by atoms with Gasteiger partial charge in [-0.1, -0.05) is 37.8 Å². The summed E-state index contributed by atoms with van der Waals surface area (Å²) in [6, 6.07) is 6.30. The molecular formula is C18H24N2O4. The molecule has 130 valence electrons. The molecule has 24 heavy (non-hydrogen) atoms. The van der Waals surface area contributed by atoms with Gasteiger partial charge in [-0.3, -0.25) is 9.59 Å². The van der Waals surface area contributed by atoms with E-state index in [1.807, 2.05) is 0 Å². The van der Waals surface area contributed by atoms with Gasteiger partial charge in [0.05, 0.1) is 12.1 Å². The van der Waals surface area contributed by atoms with Crippen molar-refractivity contribution >= 4 is 17.8 Å². The van der Waals surface area contributed by atoms with Crippen molar-refractivity contribution in [3.05, 3.63) is 35.4 Å². The molecule has 0 atom stereocenters. The molecule has 1 aromatic carbocycles. The second-order valence-electron chi connectivity index (χ2n) is 6.24. The van der Waals surface area contributed by atoms with Gasteiger partial charge in [0.1, 0.15) is 0 Å². The molecular weight excluding hydrogens is 308 g/mol.